The Labute approximate surface area is 92.6 Å². The largest absolute Gasteiger partial charge is 0.466 e. The quantitative estimate of drug-likeness (QED) is 0.605. The molecule has 1 saturated heterocycles. The zero-order valence-corrected chi connectivity index (χ0v) is 9.02. The van der Waals surface area contributed by atoms with Crippen LogP contribution in [0.4, 0.5) is 0 Å². The molecule has 0 spiro atoms. The fourth-order valence-corrected chi connectivity index (χ4v) is 2.17. The van der Waals surface area contributed by atoms with Crippen molar-refractivity contribution in [1.82, 2.24) is 0 Å². The van der Waals surface area contributed by atoms with E-state index in [0.29, 0.717) is 12.0 Å². The molecule has 5 heteroatoms. The van der Waals surface area contributed by atoms with Gasteiger partial charge in [0.05, 0.1) is 30.1 Å². The van der Waals surface area contributed by atoms with E-state index in [9.17, 15) is 9.59 Å². The molecule has 0 unspecified atom stereocenters. The number of rotatable bonds is 1. The van der Waals surface area contributed by atoms with Gasteiger partial charge in [0.1, 0.15) is 6.10 Å². The van der Waals surface area contributed by atoms with Crippen molar-refractivity contribution in [3.05, 3.63) is 11.6 Å². The molecule has 0 aromatic heterocycles. The van der Waals surface area contributed by atoms with Crippen LogP contribution in [0.15, 0.2) is 11.6 Å². The highest BCUT2D eigenvalue weighted by atomic mass is 16.6. The number of nitriles is 1. The van der Waals surface area contributed by atoms with Crippen LogP contribution >= 0.6 is 0 Å². The number of carbonyl (C=O) groups excluding carboxylic acids is 2. The second kappa shape index (κ2) is 3.34. The van der Waals surface area contributed by atoms with E-state index in [2.05, 4.69) is 10.8 Å². The summed E-state index contributed by atoms with van der Waals surface area (Å²) in [7, 11) is 1.27. The predicted molar refractivity (Wildman–Crippen MR) is 51.8 cm³/mol. The zero-order chi connectivity index (χ0) is 11.9. The Morgan fingerprint density at radius 3 is 2.94 bits per heavy atom. The van der Waals surface area contributed by atoms with Crippen molar-refractivity contribution in [3.63, 3.8) is 0 Å². The number of carbonyl (C=O) groups is 2. The van der Waals surface area contributed by atoms with Crippen LogP contribution in [0.2, 0.25) is 0 Å². The summed E-state index contributed by atoms with van der Waals surface area (Å²) in [6, 6.07) is 2.12. The molecule has 2 bridgehead atoms. The third-order valence-corrected chi connectivity index (χ3v) is 3.18. The van der Waals surface area contributed by atoms with Gasteiger partial charge in [-0.15, -0.1) is 0 Å². The molecule has 0 amide bonds. The second-order valence-corrected chi connectivity index (χ2v) is 4.25. The average Bonchev–Trinajstić information content (AvgIpc) is 2.28. The lowest BCUT2D eigenvalue weighted by Gasteiger charge is -2.42. The van der Waals surface area contributed by atoms with Gasteiger partial charge in [0.15, 0.2) is 0 Å². The van der Waals surface area contributed by atoms with Gasteiger partial charge < -0.3 is 9.47 Å². The van der Waals surface area contributed by atoms with Crippen LogP contribution < -0.4 is 0 Å². The number of hydrogen-bond donors (Lipinski definition) is 0. The Morgan fingerprint density at radius 2 is 2.44 bits per heavy atom. The van der Waals surface area contributed by atoms with Crippen molar-refractivity contribution in [2.75, 3.05) is 7.11 Å². The highest BCUT2D eigenvalue weighted by Crippen LogP contribution is 2.45. The minimum atomic E-state index is -0.780. The molecule has 2 heterocycles. The van der Waals surface area contributed by atoms with E-state index >= 15 is 0 Å². The first kappa shape index (κ1) is 10.7. The number of fused-ring (bicyclic) bond motifs is 2. The van der Waals surface area contributed by atoms with Gasteiger partial charge in [0, 0.05) is 6.42 Å². The van der Waals surface area contributed by atoms with E-state index in [1.807, 2.05) is 0 Å². The molecule has 3 atom stereocenters. The summed E-state index contributed by atoms with van der Waals surface area (Å²) in [6.07, 6.45) is 1.21. The predicted octanol–water partition coefficient (Wildman–Crippen LogP) is 0.561. The van der Waals surface area contributed by atoms with Crippen LogP contribution in [0.1, 0.15) is 13.3 Å². The van der Waals surface area contributed by atoms with Gasteiger partial charge in [-0.25, -0.2) is 4.79 Å². The van der Waals surface area contributed by atoms with E-state index in [1.54, 1.807) is 6.92 Å². The van der Waals surface area contributed by atoms with Crippen molar-refractivity contribution >= 4 is 11.9 Å². The lowest BCUT2D eigenvalue weighted by Crippen LogP contribution is -2.49. The van der Waals surface area contributed by atoms with E-state index in [1.165, 1.54) is 13.2 Å². The Balaban J connectivity index is 2.42. The Kier molecular flexibility index (Phi) is 2.23. The number of nitrogens with zero attached hydrogens (tertiary/aromatic N) is 1. The van der Waals surface area contributed by atoms with E-state index in [-0.39, 0.29) is 0 Å². The lowest BCUT2D eigenvalue weighted by atomic mass is 9.66. The van der Waals surface area contributed by atoms with Crippen molar-refractivity contribution in [3.8, 4) is 6.07 Å². The molecule has 3 aliphatic rings. The van der Waals surface area contributed by atoms with Gasteiger partial charge in [-0.3, -0.25) is 4.79 Å². The van der Waals surface area contributed by atoms with Gasteiger partial charge >= 0.3 is 11.9 Å². The van der Waals surface area contributed by atoms with Gasteiger partial charge in [-0.05, 0) is 6.92 Å². The molecular weight excluding hydrogens is 210 g/mol. The summed E-state index contributed by atoms with van der Waals surface area (Å²) in [5, 5.41) is 9.07. The summed E-state index contributed by atoms with van der Waals surface area (Å²) in [6.45, 7) is 1.70. The lowest BCUT2D eigenvalue weighted by molar-refractivity contribution is -0.166. The van der Waals surface area contributed by atoms with Crippen LogP contribution in [0, 0.1) is 22.7 Å². The van der Waals surface area contributed by atoms with Crippen LogP contribution in [-0.4, -0.2) is 25.2 Å². The fraction of sp³-hybridized carbons (Fsp3) is 0.545. The second-order valence-electron chi connectivity index (χ2n) is 4.25. The monoisotopic (exact) mass is 221 g/mol. The summed E-state index contributed by atoms with van der Waals surface area (Å²) in [5.74, 6) is -1.60. The van der Waals surface area contributed by atoms with Crippen LogP contribution in [-0.2, 0) is 19.1 Å². The van der Waals surface area contributed by atoms with Crippen LogP contribution in [0.25, 0.3) is 0 Å². The molecule has 84 valence electrons. The standard InChI is InChI=1S/C11H11NO4/c1-11(5-12)4-8-6(9(13)15-2)3-7(11)10(14)16-8/h3,7-8H,4H2,1-2H3/t7-,8-,11-/m0/s1. The molecule has 0 saturated carbocycles. The molecule has 0 aromatic rings. The third kappa shape index (κ3) is 1.30. The Hall–Kier alpha value is -1.83. The van der Waals surface area contributed by atoms with Crippen LogP contribution in [0.5, 0.6) is 0 Å². The SMILES string of the molecule is COC(=O)C1=C[C@H]2C(=O)O[C@H]1C[C@@]2(C)C#N. The maximum absolute atomic E-state index is 11.5. The van der Waals surface area contributed by atoms with Gasteiger partial charge in [-0.2, -0.15) is 5.26 Å². The normalized spacial score (nSPS) is 36.1. The highest BCUT2D eigenvalue weighted by Gasteiger charge is 2.53. The topological polar surface area (TPSA) is 76.4 Å². The average molecular weight is 221 g/mol. The molecule has 0 aromatic carbocycles. The molecule has 1 fully saturated rings. The van der Waals surface area contributed by atoms with Crippen molar-refractivity contribution in [1.29, 1.82) is 5.26 Å². The molecule has 2 aliphatic heterocycles. The summed E-state index contributed by atoms with van der Waals surface area (Å²) < 4.78 is 9.66. The van der Waals surface area contributed by atoms with E-state index < -0.39 is 29.4 Å². The van der Waals surface area contributed by atoms with E-state index in [4.69, 9.17) is 10.00 Å². The van der Waals surface area contributed by atoms with Crippen molar-refractivity contribution in [2.45, 2.75) is 19.4 Å². The number of ether oxygens (including phenoxy) is 2. The molecular formula is C11H11NO4. The maximum atomic E-state index is 11.5. The zero-order valence-electron chi connectivity index (χ0n) is 9.02. The molecule has 16 heavy (non-hydrogen) atoms. The van der Waals surface area contributed by atoms with E-state index in [0.717, 1.165) is 0 Å². The summed E-state index contributed by atoms with van der Waals surface area (Å²) in [5.41, 5.74) is -0.433. The molecule has 0 N–H and O–H groups in total. The minimum Gasteiger partial charge on any atom is -0.466 e. The van der Waals surface area contributed by atoms with Gasteiger partial charge in [0.2, 0.25) is 0 Å². The summed E-state index contributed by atoms with van der Waals surface area (Å²) in [4.78, 5) is 22.9. The van der Waals surface area contributed by atoms with Crippen LogP contribution in [0.3, 0.4) is 0 Å². The molecule has 0 radical (unpaired) electrons. The third-order valence-electron chi connectivity index (χ3n) is 3.18. The van der Waals surface area contributed by atoms with Gasteiger partial charge in [0.25, 0.3) is 0 Å². The first-order valence-electron chi connectivity index (χ1n) is 4.93. The first-order chi connectivity index (χ1) is 7.51. The molecule has 1 aliphatic carbocycles. The highest BCUT2D eigenvalue weighted by molar-refractivity contribution is 5.94. The smallest absolute Gasteiger partial charge is 0.337 e. The number of methoxy groups -OCH3 is 1. The first-order valence-corrected chi connectivity index (χ1v) is 4.93. The Bertz CT molecular complexity index is 434. The van der Waals surface area contributed by atoms with Crippen molar-refractivity contribution in [2.24, 2.45) is 11.3 Å². The van der Waals surface area contributed by atoms with Crippen molar-refractivity contribution < 1.29 is 19.1 Å². The van der Waals surface area contributed by atoms with Gasteiger partial charge in [-0.1, -0.05) is 6.08 Å². The number of esters is 2. The summed E-state index contributed by atoms with van der Waals surface area (Å²) >= 11 is 0. The minimum absolute atomic E-state index is 0.347. The fourth-order valence-electron chi connectivity index (χ4n) is 2.17. The molecule has 5 nitrogen and oxygen atoms in total. The maximum Gasteiger partial charge on any atom is 0.337 e. The number of hydrogen-bond acceptors (Lipinski definition) is 5. The Morgan fingerprint density at radius 1 is 1.75 bits per heavy atom. The molecule has 3 rings (SSSR count).